The van der Waals surface area contributed by atoms with Crippen molar-refractivity contribution in [2.45, 2.75) is 32.4 Å². The van der Waals surface area contributed by atoms with Crippen LogP contribution in [0.3, 0.4) is 0 Å². The largest absolute Gasteiger partial charge is 0.486 e. The van der Waals surface area contributed by atoms with E-state index in [0.717, 1.165) is 23.5 Å². The fourth-order valence-corrected chi connectivity index (χ4v) is 2.00. The number of hydrogen-bond acceptors (Lipinski definition) is 4. The Morgan fingerprint density at radius 1 is 1.26 bits per heavy atom. The van der Waals surface area contributed by atoms with Crippen LogP contribution in [0.4, 0.5) is 0 Å². The number of likely N-dealkylation sites (N-methyl/N-ethyl adjacent to an activating group) is 1. The van der Waals surface area contributed by atoms with E-state index in [2.05, 4.69) is 25.2 Å². The van der Waals surface area contributed by atoms with Gasteiger partial charge in [0.2, 0.25) is 0 Å². The zero-order valence-electron chi connectivity index (χ0n) is 11.9. The van der Waals surface area contributed by atoms with Gasteiger partial charge in [-0.25, -0.2) is 0 Å². The van der Waals surface area contributed by atoms with E-state index < -0.39 is 0 Å². The molecule has 1 aromatic rings. The van der Waals surface area contributed by atoms with E-state index in [4.69, 9.17) is 14.2 Å². The van der Waals surface area contributed by atoms with Gasteiger partial charge in [0.25, 0.3) is 0 Å². The molecule has 2 atom stereocenters. The molecule has 1 aromatic carbocycles. The van der Waals surface area contributed by atoms with E-state index in [9.17, 15) is 0 Å². The molecule has 0 fully saturated rings. The Kier molecular flexibility index (Phi) is 5.05. The zero-order chi connectivity index (χ0) is 13.7. The van der Waals surface area contributed by atoms with E-state index in [-0.39, 0.29) is 12.1 Å². The molecule has 4 nitrogen and oxygen atoms in total. The molecule has 1 heterocycles. The number of rotatable bonds is 6. The van der Waals surface area contributed by atoms with Crippen LogP contribution in [0.15, 0.2) is 18.2 Å². The van der Waals surface area contributed by atoms with E-state index in [1.54, 1.807) is 0 Å². The van der Waals surface area contributed by atoms with Crippen molar-refractivity contribution < 1.29 is 14.2 Å². The molecule has 0 radical (unpaired) electrons. The van der Waals surface area contributed by atoms with E-state index >= 15 is 0 Å². The van der Waals surface area contributed by atoms with Crippen molar-refractivity contribution in [2.75, 3.05) is 26.9 Å². The van der Waals surface area contributed by atoms with Gasteiger partial charge < -0.3 is 19.5 Å². The van der Waals surface area contributed by atoms with Crippen molar-refractivity contribution in [1.82, 2.24) is 5.32 Å². The second-order valence-corrected chi connectivity index (χ2v) is 4.80. The molecule has 0 aromatic heterocycles. The highest BCUT2D eigenvalue weighted by Gasteiger charge is 2.16. The molecule has 19 heavy (non-hydrogen) atoms. The topological polar surface area (TPSA) is 39.7 Å². The van der Waals surface area contributed by atoms with Crippen molar-refractivity contribution in [3.63, 3.8) is 0 Å². The van der Waals surface area contributed by atoms with Gasteiger partial charge in [-0.2, -0.15) is 0 Å². The monoisotopic (exact) mass is 265 g/mol. The first kappa shape index (κ1) is 14.2. The summed E-state index contributed by atoms with van der Waals surface area (Å²) in [5, 5.41) is 3.28. The van der Waals surface area contributed by atoms with Crippen LogP contribution in [0.2, 0.25) is 0 Å². The van der Waals surface area contributed by atoms with Crippen molar-refractivity contribution in [3.8, 4) is 11.5 Å². The lowest BCUT2D eigenvalue weighted by Gasteiger charge is -2.23. The van der Waals surface area contributed by atoms with Crippen LogP contribution in [0.5, 0.6) is 11.5 Å². The van der Waals surface area contributed by atoms with Crippen molar-refractivity contribution in [3.05, 3.63) is 23.8 Å². The molecular weight excluding hydrogens is 242 g/mol. The van der Waals surface area contributed by atoms with Crippen LogP contribution in [0.25, 0.3) is 0 Å². The summed E-state index contributed by atoms with van der Waals surface area (Å²) >= 11 is 0. The third-order valence-electron chi connectivity index (χ3n) is 3.44. The predicted octanol–water partition coefficient (Wildman–Crippen LogP) is 2.53. The highest BCUT2D eigenvalue weighted by molar-refractivity contribution is 5.44. The second-order valence-electron chi connectivity index (χ2n) is 4.80. The molecule has 4 heteroatoms. The minimum absolute atomic E-state index is 0.171. The van der Waals surface area contributed by atoms with Gasteiger partial charge in [-0.3, -0.25) is 0 Å². The van der Waals surface area contributed by atoms with Gasteiger partial charge in [0.1, 0.15) is 13.2 Å². The molecule has 1 N–H and O–H groups in total. The van der Waals surface area contributed by atoms with Crippen LogP contribution in [-0.4, -0.2) is 33.0 Å². The molecule has 0 amide bonds. The van der Waals surface area contributed by atoms with Crippen molar-refractivity contribution in [1.29, 1.82) is 0 Å². The van der Waals surface area contributed by atoms with Gasteiger partial charge in [0.15, 0.2) is 11.5 Å². The molecule has 0 spiro atoms. The van der Waals surface area contributed by atoms with E-state index in [1.165, 1.54) is 0 Å². The Hall–Kier alpha value is -1.26. The molecule has 2 unspecified atom stereocenters. The molecule has 2 rings (SSSR count). The summed E-state index contributed by atoms with van der Waals surface area (Å²) in [6, 6.07) is 6.24. The summed E-state index contributed by atoms with van der Waals surface area (Å²) in [6.07, 6.45) is 1.31. The average molecular weight is 265 g/mol. The number of ether oxygens (including phenoxy) is 3. The Balaban J connectivity index is 2.05. The third-order valence-corrected chi connectivity index (χ3v) is 3.44. The van der Waals surface area contributed by atoms with Crippen LogP contribution in [-0.2, 0) is 4.74 Å². The second kappa shape index (κ2) is 6.78. The summed E-state index contributed by atoms with van der Waals surface area (Å²) in [4.78, 5) is 0. The molecule has 0 aliphatic carbocycles. The minimum atomic E-state index is 0.171. The summed E-state index contributed by atoms with van der Waals surface area (Å²) in [7, 11) is 1.95. The number of benzene rings is 1. The lowest BCUT2D eigenvalue weighted by Crippen LogP contribution is -2.24. The molecule has 0 bridgehead atoms. The first-order valence-corrected chi connectivity index (χ1v) is 6.93. The summed E-state index contributed by atoms with van der Waals surface area (Å²) in [6.45, 7) is 6.12. The van der Waals surface area contributed by atoms with E-state index in [1.807, 2.05) is 19.2 Å². The number of nitrogens with one attached hydrogen (secondary N) is 1. The Morgan fingerprint density at radius 2 is 2.00 bits per heavy atom. The van der Waals surface area contributed by atoms with Crippen molar-refractivity contribution >= 4 is 0 Å². The summed E-state index contributed by atoms with van der Waals surface area (Å²) in [5.41, 5.74) is 1.16. The van der Waals surface area contributed by atoms with Gasteiger partial charge in [0, 0.05) is 0 Å². The lowest BCUT2D eigenvalue weighted by atomic mass is 10.1. The molecule has 0 saturated heterocycles. The van der Waals surface area contributed by atoms with Gasteiger partial charge in [-0.1, -0.05) is 13.0 Å². The zero-order valence-corrected chi connectivity index (χ0v) is 11.9. The summed E-state index contributed by atoms with van der Waals surface area (Å²) in [5.74, 6) is 1.65. The normalized spacial score (nSPS) is 17.0. The van der Waals surface area contributed by atoms with E-state index in [0.29, 0.717) is 19.8 Å². The highest BCUT2D eigenvalue weighted by Crippen LogP contribution is 2.32. The van der Waals surface area contributed by atoms with Crippen LogP contribution in [0, 0.1) is 0 Å². The Labute approximate surface area is 115 Å². The minimum Gasteiger partial charge on any atom is -0.486 e. The highest BCUT2D eigenvalue weighted by atomic mass is 16.6. The van der Waals surface area contributed by atoms with Crippen LogP contribution in [0.1, 0.15) is 31.9 Å². The lowest BCUT2D eigenvalue weighted by molar-refractivity contribution is 0.0486. The Morgan fingerprint density at radius 3 is 2.68 bits per heavy atom. The standard InChI is InChI=1S/C15H23NO3/c1-4-11(2)19-10-13(16-3)12-5-6-14-15(9-12)18-8-7-17-14/h5-6,9,11,13,16H,4,7-8,10H2,1-3H3. The smallest absolute Gasteiger partial charge is 0.161 e. The summed E-state index contributed by atoms with van der Waals surface area (Å²) < 4.78 is 17.0. The van der Waals surface area contributed by atoms with Crippen LogP contribution < -0.4 is 14.8 Å². The average Bonchev–Trinajstić information content (AvgIpc) is 2.47. The van der Waals surface area contributed by atoms with Gasteiger partial charge >= 0.3 is 0 Å². The Bertz CT molecular complexity index is 408. The van der Waals surface area contributed by atoms with Crippen molar-refractivity contribution in [2.24, 2.45) is 0 Å². The molecule has 106 valence electrons. The molecule has 0 saturated carbocycles. The molecule has 1 aliphatic rings. The van der Waals surface area contributed by atoms with Gasteiger partial charge in [-0.15, -0.1) is 0 Å². The fourth-order valence-electron chi connectivity index (χ4n) is 2.00. The van der Waals surface area contributed by atoms with Crippen LogP contribution >= 0.6 is 0 Å². The molecule has 1 aliphatic heterocycles. The molecular formula is C15H23NO3. The number of fused-ring (bicyclic) bond motifs is 1. The number of hydrogen-bond donors (Lipinski definition) is 1. The first-order chi connectivity index (χ1) is 9.24. The quantitative estimate of drug-likeness (QED) is 0.858. The predicted molar refractivity (Wildman–Crippen MR) is 74.9 cm³/mol. The fraction of sp³-hybridized carbons (Fsp3) is 0.600. The third kappa shape index (κ3) is 3.61. The van der Waals surface area contributed by atoms with Gasteiger partial charge in [0.05, 0.1) is 18.8 Å². The maximum Gasteiger partial charge on any atom is 0.161 e. The SMILES string of the molecule is CCC(C)OCC(NC)c1ccc2c(c1)OCCO2. The maximum absolute atomic E-state index is 5.81. The van der Waals surface area contributed by atoms with Gasteiger partial charge in [-0.05, 0) is 38.1 Å². The first-order valence-electron chi connectivity index (χ1n) is 6.93. The maximum atomic E-state index is 5.81.